The van der Waals surface area contributed by atoms with Crippen molar-refractivity contribution in [2.24, 2.45) is 0 Å². The molecule has 0 saturated carbocycles. The molecule has 0 radical (unpaired) electrons. The summed E-state index contributed by atoms with van der Waals surface area (Å²) in [5.41, 5.74) is 0.580. The summed E-state index contributed by atoms with van der Waals surface area (Å²) in [6.07, 6.45) is 2.96. The minimum atomic E-state index is -1.22. The summed E-state index contributed by atoms with van der Waals surface area (Å²) in [5.74, 6) is -2.06. The Labute approximate surface area is 129 Å². The molecule has 0 aliphatic carbocycles. The van der Waals surface area contributed by atoms with Gasteiger partial charge in [0.05, 0.1) is 16.8 Å². The van der Waals surface area contributed by atoms with Crippen LogP contribution in [-0.4, -0.2) is 41.9 Å². The lowest BCUT2D eigenvalue weighted by Gasteiger charge is -2.08. The number of pyridine rings is 1. The van der Waals surface area contributed by atoms with Gasteiger partial charge in [0.1, 0.15) is 12.0 Å². The molecule has 3 aromatic rings. The third-order valence-electron chi connectivity index (χ3n) is 3.13. The topological polar surface area (TPSA) is 118 Å². The number of carboxylic acid groups (broad SMARTS) is 2. The molecule has 3 rings (SSSR count). The maximum Gasteiger partial charge on any atom is 0.335 e. The third-order valence-corrected chi connectivity index (χ3v) is 3.13. The lowest BCUT2D eigenvalue weighted by Crippen LogP contribution is -2.06. The highest BCUT2D eigenvalue weighted by molar-refractivity contribution is 5.94. The Morgan fingerprint density at radius 2 is 1.70 bits per heavy atom. The predicted octanol–water partition coefficient (Wildman–Crippen LogP) is 1.73. The monoisotopic (exact) mass is 310 g/mol. The van der Waals surface area contributed by atoms with Gasteiger partial charge in [0.25, 0.3) is 0 Å². The molecule has 0 atom stereocenters. The quantitative estimate of drug-likeness (QED) is 0.753. The molecule has 1 aromatic carbocycles. The summed E-state index contributed by atoms with van der Waals surface area (Å²) in [7, 11) is 0. The van der Waals surface area contributed by atoms with Crippen LogP contribution in [0.15, 0.2) is 48.9 Å². The molecule has 0 unspecified atom stereocenters. The molecule has 0 aliphatic heterocycles. The number of hydrogen-bond donors (Lipinski definition) is 2. The number of nitrogens with zero attached hydrogens (tertiary/aromatic N) is 4. The fourth-order valence-corrected chi connectivity index (χ4v) is 2.09. The van der Waals surface area contributed by atoms with Gasteiger partial charge in [-0.3, -0.25) is 9.55 Å². The zero-order valence-electron chi connectivity index (χ0n) is 11.6. The van der Waals surface area contributed by atoms with Crippen LogP contribution in [0.25, 0.3) is 17.2 Å². The highest BCUT2D eigenvalue weighted by Gasteiger charge is 2.15. The Hall–Kier alpha value is -3.55. The van der Waals surface area contributed by atoms with Gasteiger partial charge in [0, 0.05) is 6.20 Å². The number of carboxylic acids is 2. The van der Waals surface area contributed by atoms with E-state index < -0.39 is 11.9 Å². The van der Waals surface area contributed by atoms with Crippen LogP contribution >= 0.6 is 0 Å². The SMILES string of the molecule is O=C(O)c1cc(C(=O)O)cc(-n2cnnc2-c2ccccn2)c1. The van der Waals surface area contributed by atoms with E-state index in [1.54, 1.807) is 24.4 Å². The van der Waals surface area contributed by atoms with Gasteiger partial charge in [-0.2, -0.15) is 0 Å². The number of benzene rings is 1. The maximum atomic E-state index is 11.2. The average Bonchev–Trinajstić information content (AvgIpc) is 3.04. The van der Waals surface area contributed by atoms with Crippen molar-refractivity contribution in [2.75, 3.05) is 0 Å². The van der Waals surface area contributed by atoms with Crippen molar-refractivity contribution in [2.45, 2.75) is 0 Å². The molecule has 2 heterocycles. The summed E-state index contributed by atoms with van der Waals surface area (Å²) in [6, 6.07) is 9.04. The molecule has 0 bridgehead atoms. The third kappa shape index (κ3) is 2.77. The van der Waals surface area contributed by atoms with E-state index in [1.807, 2.05) is 0 Å². The van der Waals surface area contributed by atoms with Crippen molar-refractivity contribution >= 4 is 11.9 Å². The van der Waals surface area contributed by atoms with Gasteiger partial charge in [-0.15, -0.1) is 10.2 Å². The van der Waals surface area contributed by atoms with Gasteiger partial charge in [0.15, 0.2) is 5.82 Å². The summed E-state index contributed by atoms with van der Waals surface area (Å²) in [6.45, 7) is 0. The normalized spacial score (nSPS) is 10.4. The molecule has 0 spiro atoms. The lowest BCUT2D eigenvalue weighted by molar-refractivity contribution is 0.0696. The Kier molecular flexibility index (Phi) is 3.55. The molecular formula is C15H10N4O4. The average molecular weight is 310 g/mol. The first-order valence-electron chi connectivity index (χ1n) is 6.50. The number of hydrogen-bond acceptors (Lipinski definition) is 5. The van der Waals surface area contributed by atoms with E-state index in [0.29, 0.717) is 17.2 Å². The van der Waals surface area contributed by atoms with Crippen LogP contribution in [0.5, 0.6) is 0 Å². The van der Waals surface area contributed by atoms with Crippen LogP contribution in [0.4, 0.5) is 0 Å². The van der Waals surface area contributed by atoms with E-state index in [1.165, 1.54) is 23.0 Å². The minimum Gasteiger partial charge on any atom is -0.478 e. The number of aromatic carboxylic acids is 2. The highest BCUT2D eigenvalue weighted by atomic mass is 16.4. The van der Waals surface area contributed by atoms with E-state index in [4.69, 9.17) is 10.2 Å². The van der Waals surface area contributed by atoms with Crippen molar-refractivity contribution < 1.29 is 19.8 Å². The molecule has 114 valence electrons. The van der Waals surface area contributed by atoms with Crippen molar-refractivity contribution in [3.05, 3.63) is 60.0 Å². The standard InChI is InChI=1S/C15H10N4O4/c20-14(21)9-5-10(15(22)23)7-11(6-9)19-8-17-18-13(19)12-3-1-2-4-16-12/h1-8H,(H,20,21)(H,22,23). The molecule has 0 fully saturated rings. The van der Waals surface area contributed by atoms with Gasteiger partial charge in [0.2, 0.25) is 0 Å². The smallest absolute Gasteiger partial charge is 0.335 e. The van der Waals surface area contributed by atoms with Crippen molar-refractivity contribution in [3.63, 3.8) is 0 Å². The second-order valence-electron chi connectivity index (χ2n) is 4.62. The van der Waals surface area contributed by atoms with Gasteiger partial charge >= 0.3 is 11.9 Å². The maximum absolute atomic E-state index is 11.2. The summed E-state index contributed by atoms with van der Waals surface area (Å²) < 4.78 is 1.49. The Morgan fingerprint density at radius 3 is 2.26 bits per heavy atom. The zero-order valence-corrected chi connectivity index (χ0v) is 11.6. The highest BCUT2D eigenvalue weighted by Crippen LogP contribution is 2.21. The second-order valence-corrected chi connectivity index (χ2v) is 4.62. The zero-order chi connectivity index (χ0) is 16.4. The van der Waals surface area contributed by atoms with E-state index >= 15 is 0 Å². The summed E-state index contributed by atoms with van der Waals surface area (Å²) in [5, 5.41) is 26.1. The fraction of sp³-hybridized carbons (Fsp3) is 0. The lowest BCUT2D eigenvalue weighted by atomic mass is 10.1. The number of rotatable bonds is 4. The van der Waals surface area contributed by atoms with E-state index in [2.05, 4.69) is 15.2 Å². The molecule has 8 heteroatoms. The molecule has 0 aliphatic rings. The Balaban J connectivity index is 2.18. The predicted molar refractivity (Wildman–Crippen MR) is 78.5 cm³/mol. The molecular weight excluding hydrogens is 300 g/mol. The first-order chi connectivity index (χ1) is 11.1. The Morgan fingerprint density at radius 1 is 1.00 bits per heavy atom. The van der Waals surface area contributed by atoms with Gasteiger partial charge in [-0.1, -0.05) is 6.07 Å². The van der Waals surface area contributed by atoms with Crippen LogP contribution in [0.2, 0.25) is 0 Å². The fourth-order valence-electron chi connectivity index (χ4n) is 2.09. The van der Waals surface area contributed by atoms with Gasteiger partial charge in [-0.05, 0) is 30.3 Å². The number of aromatic nitrogens is 4. The minimum absolute atomic E-state index is 0.138. The number of carbonyl (C=O) groups is 2. The van der Waals surface area contributed by atoms with E-state index in [0.717, 1.165) is 6.07 Å². The van der Waals surface area contributed by atoms with Crippen LogP contribution in [0.1, 0.15) is 20.7 Å². The van der Waals surface area contributed by atoms with E-state index in [-0.39, 0.29) is 11.1 Å². The van der Waals surface area contributed by atoms with Gasteiger partial charge in [-0.25, -0.2) is 9.59 Å². The molecule has 8 nitrogen and oxygen atoms in total. The molecule has 0 amide bonds. The van der Waals surface area contributed by atoms with Crippen molar-refractivity contribution in [1.29, 1.82) is 0 Å². The first-order valence-corrected chi connectivity index (χ1v) is 6.50. The van der Waals surface area contributed by atoms with Crippen molar-refractivity contribution in [3.8, 4) is 17.2 Å². The second kappa shape index (κ2) is 5.68. The molecule has 0 saturated heterocycles. The van der Waals surface area contributed by atoms with Crippen LogP contribution in [0.3, 0.4) is 0 Å². The largest absolute Gasteiger partial charge is 0.478 e. The summed E-state index contributed by atoms with van der Waals surface area (Å²) >= 11 is 0. The van der Waals surface area contributed by atoms with Crippen LogP contribution in [-0.2, 0) is 0 Å². The molecule has 2 aromatic heterocycles. The Bertz CT molecular complexity index is 857. The van der Waals surface area contributed by atoms with Crippen molar-refractivity contribution in [1.82, 2.24) is 19.7 Å². The first kappa shape index (κ1) is 14.4. The van der Waals surface area contributed by atoms with Crippen LogP contribution in [0, 0.1) is 0 Å². The van der Waals surface area contributed by atoms with Crippen LogP contribution < -0.4 is 0 Å². The van der Waals surface area contributed by atoms with E-state index in [9.17, 15) is 9.59 Å². The summed E-state index contributed by atoms with van der Waals surface area (Å²) in [4.78, 5) is 26.6. The van der Waals surface area contributed by atoms with Gasteiger partial charge < -0.3 is 10.2 Å². The molecule has 2 N–H and O–H groups in total. The molecule has 23 heavy (non-hydrogen) atoms.